The van der Waals surface area contributed by atoms with Crippen LogP contribution in [0.4, 0.5) is 4.39 Å². The third-order valence-corrected chi connectivity index (χ3v) is 2.17. The van der Waals surface area contributed by atoms with Crippen LogP contribution in [-0.4, -0.2) is 23.1 Å². The molecule has 1 aromatic rings. The van der Waals surface area contributed by atoms with Crippen molar-refractivity contribution in [2.45, 2.75) is 19.6 Å². The number of carbonyl (C=O) groups is 2. The number of carboxylic acid groups (broad SMARTS) is 1. The normalized spacial score (nSPS) is 12.1. The fourth-order valence-electron chi connectivity index (χ4n) is 1.12. The molecule has 3 N–H and O–H groups in total. The van der Waals surface area contributed by atoms with Gasteiger partial charge in [0.25, 0.3) is 0 Å². The summed E-state index contributed by atoms with van der Waals surface area (Å²) in [7, 11) is 0. The summed E-state index contributed by atoms with van der Waals surface area (Å²) in [6.07, 6.45) is -1.05. The Morgan fingerprint density at radius 2 is 2.18 bits per heavy atom. The van der Waals surface area contributed by atoms with Crippen molar-refractivity contribution in [3.8, 4) is 0 Å². The predicted molar refractivity (Wildman–Crippen MR) is 56.8 cm³/mol. The molecule has 1 unspecified atom stereocenters. The van der Waals surface area contributed by atoms with Crippen LogP contribution in [0.1, 0.15) is 22.8 Å². The minimum Gasteiger partial charge on any atom is -0.479 e. The van der Waals surface area contributed by atoms with Crippen molar-refractivity contribution in [1.82, 2.24) is 0 Å². The summed E-state index contributed by atoms with van der Waals surface area (Å²) in [5, 5.41) is 8.58. The van der Waals surface area contributed by atoms with Gasteiger partial charge in [-0.25, -0.2) is 9.18 Å². The van der Waals surface area contributed by atoms with Crippen molar-refractivity contribution in [3.05, 3.63) is 35.1 Å². The van der Waals surface area contributed by atoms with Crippen LogP contribution < -0.4 is 5.73 Å². The third kappa shape index (κ3) is 3.53. The zero-order valence-electron chi connectivity index (χ0n) is 9.14. The first-order valence-corrected chi connectivity index (χ1v) is 4.84. The Morgan fingerprint density at radius 3 is 2.71 bits per heavy atom. The monoisotopic (exact) mass is 241 g/mol. The Labute approximate surface area is 97.0 Å². The molecule has 1 amide bonds. The molecule has 0 radical (unpaired) electrons. The summed E-state index contributed by atoms with van der Waals surface area (Å²) in [5.74, 6) is -2.40. The summed E-state index contributed by atoms with van der Waals surface area (Å²) in [5.41, 5.74) is 5.28. The van der Waals surface area contributed by atoms with Gasteiger partial charge in [0.1, 0.15) is 5.82 Å². The second kappa shape index (κ2) is 5.40. The summed E-state index contributed by atoms with van der Waals surface area (Å²) in [6.45, 7) is 1.10. The van der Waals surface area contributed by atoms with E-state index in [1.54, 1.807) is 0 Å². The number of hydrogen-bond donors (Lipinski definition) is 2. The molecule has 0 aliphatic rings. The van der Waals surface area contributed by atoms with E-state index in [2.05, 4.69) is 0 Å². The Balaban J connectivity index is 2.79. The van der Waals surface area contributed by atoms with Crippen LogP contribution in [0.3, 0.4) is 0 Å². The van der Waals surface area contributed by atoms with Crippen LogP contribution in [0.25, 0.3) is 0 Å². The fourth-order valence-corrected chi connectivity index (χ4v) is 1.12. The van der Waals surface area contributed by atoms with Gasteiger partial charge in [0.05, 0.1) is 6.61 Å². The number of carbonyl (C=O) groups excluding carboxylic acids is 1. The average Bonchev–Trinajstić information content (AvgIpc) is 2.26. The van der Waals surface area contributed by atoms with Crippen LogP contribution >= 0.6 is 0 Å². The number of amides is 1. The summed E-state index contributed by atoms with van der Waals surface area (Å²) in [4.78, 5) is 21.4. The highest BCUT2D eigenvalue weighted by Crippen LogP contribution is 2.12. The van der Waals surface area contributed by atoms with Crippen molar-refractivity contribution in [3.63, 3.8) is 0 Å². The van der Waals surface area contributed by atoms with Crippen LogP contribution in [0.5, 0.6) is 0 Å². The van der Waals surface area contributed by atoms with E-state index in [4.69, 9.17) is 15.6 Å². The van der Waals surface area contributed by atoms with Gasteiger partial charge in [-0.05, 0) is 25.1 Å². The Bertz CT molecular complexity index is 447. The molecule has 0 saturated heterocycles. The number of hydrogen-bond acceptors (Lipinski definition) is 3. The SMILES string of the molecule is CC(OCc1cc(C(N)=O)ccc1F)C(=O)O. The number of aliphatic carboxylic acids is 1. The number of rotatable bonds is 5. The zero-order valence-corrected chi connectivity index (χ0v) is 9.14. The molecule has 17 heavy (non-hydrogen) atoms. The van der Waals surface area contributed by atoms with Crippen LogP contribution in [-0.2, 0) is 16.1 Å². The van der Waals surface area contributed by atoms with E-state index in [9.17, 15) is 14.0 Å². The fraction of sp³-hybridized carbons (Fsp3) is 0.273. The lowest BCUT2D eigenvalue weighted by molar-refractivity contribution is -0.149. The molecule has 1 rings (SSSR count). The molecule has 6 heteroatoms. The molecule has 0 saturated carbocycles. The molecule has 0 bridgehead atoms. The summed E-state index contributed by atoms with van der Waals surface area (Å²) < 4.78 is 18.2. The van der Waals surface area contributed by atoms with Crippen molar-refractivity contribution in [1.29, 1.82) is 0 Å². The highest BCUT2D eigenvalue weighted by atomic mass is 19.1. The van der Waals surface area contributed by atoms with Gasteiger partial charge >= 0.3 is 5.97 Å². The molecule has 0 spiro atoms. The largest absolute Gasteiger partial charge is 0.479 e. The van der Waals surface area contributed by atoms with Gasteiger partial charge < -0.3 is 15.6 Å². The van der Waals surface area contributed by atoms with Gasteiger partial charge in [-0.2, -0.15) is 0 Å². The van der Waals surface area contributed by atoms with Crippen LogP contribution in [0.2, 0.25) is 0 Å². The number of benzene rings is 1. The Kier molecular flexibility index (Phi) is 4.17. The minimum absolute atomic E-state index is 0.0920. The van der Waals surface area contributed by atoms with Crippen molar-refractivity contribution in [2.24, 2.45) is 5.73 Å². The lowest BCUT2D eigenvalue weighted by Gasteiger charge is -2.09. The van der Waals surface area contributed by atoms with Gasteiger partial charge in [0, 0.05) is 11.1 Å². The van der Waals surface area contributed by atoms with Crippen molar-refractivity contribution >= 4 is 11.9 Å². The Morgan fingerprint density at radius 1 is 1.53 bits per heavy atom. The van der Waals surface area contributed by atoms with E-state index < -0.39 is 23.8 Å². The molecule has 0 heterocycles. The Hall–Kier alpha value is -1.95. The van der Waals surface area contributed by atoms with E-state index in [1.807, 2.05) is 0 Å². The van der Waals surface area contributed by atoms with Crippen LogP contribution in [0, 0.1) is 5.82 Å². The lowest BCUT2D eigenvalue weighted by atomic mass is 10.1. The topological polar surface area (TPSA) is 89.6 Å². The number of carboxylic acids is 1. The summed E-state index contributed by atoms with van der Waals surface area (Å²) in [6, 6.07) is 3.58. The highest BCUT2D eigenvalue weighted by molar-refractivity contribution is 5.92. The highest BCUT2D eigenvalue weighted by Gasteiger charge is 2.13. The minimum atomic E-state index is -1.14. The second-order valence-corrected chi connectivity index (χ2v) is 3.46. The van der Waals surface area contributed by atoms with Crippen molar-refractivity contribution in [2.75, 3.05) is 0 Å². The van der Waals surface area contributed by atoms with E-state index in [-0.39, 0.29) is 17.7 Å². The molecular weight excluding hydrogens is 229 g/mol. The van der Waals surface area contributed by atoms with E-state index in [0.717, 1.165) is 6.07 Å². The lowest BCUT2D eigenvalue weighted by Crippen LogP contribution is -2.20. The first kappa shape index (κ1) is 13.1. The molecule has 1 atom stereocenters. The number of primary amides is 1. The maximum absolute atomic E-state index is 13.3. The van der Waals surface area contributed by atoms with Gasteiger partial charge in [-0.1, -0.05) is 0 Å². The first-order chi connectivity index (χ1) is 7.91. The smallest absolute Gasteiger partial charge is 0.332 e. The third-order valence-electron chi connectivity index (χ3n) is 2.17. The zero-order chi connectivity index (χ0) is 13.0. The molecule has 0 aromatic heterocycles. The standard InChI is InChI=1S/C11H12FNO4/c1-6(11(15)16)17-5-8-4-7(10(13)14)2-3-9(8)12/h2-4,6H,5H2,1H3,(H2,13,14)(H,15,16). The number of ether oxygens (including phenoxy) is 1. The van der Waals surface area contributed by atoms with Gasteiger partial charge in [-0.15, -0.1) is 0 Å². The molecule has 1 aromatic carbocycles. The van der Waals surface area contributed by atoms with Gasteiger partial charge in [0.15, 0.2) is 6.10 Å². The molecule has 92 valence electrons. The molecular formula is C11H12FNO4. The maximum Gasteiger partial charge on any atom is 0.332 e. The van der Waals surface area contributed by atoms with Crippen molar-refractivity contribution < 1.29 is 23.8 Å². The van der Waals surface area contributed by atoms with Gasteiger partial charge in [0.2, 0.25) is 5.91 Å². The van der Waals surface area contributed by atoms with Crippen LogP contribution in [0.15, 0.2) is 18.2 Å². The average molecular weight is 241 g/mol. The van der Waals surface area contributed by atoms with E-state index in [1.165, 1.54) is 19.1 Å². The van der Waals surface area contributed by atoms with E-state index in [0.29, 0.717) is 0 Å². The second-order valence-electron chi connectivity index (χ2n) is 3.46. The summed E-state index contributed by atoms with van der Waals surface area (Å²) >= 11 is 0. The molecule has 0 aliphatic heterocycles. The quantitative estimate of drug-likeness (QED) is 0.801. The molecule has 5 nitrogen and oxygen atoms in total. The maximum atomic E-state index is 13.3. The first-order valence-electron chi connectivity index (χ1n) is 4.84. The number of nitrogens with two attached hydrogens (primary N) is 1. The predicted octanol–water partition coefficient (Wildman–Crippen LogP) is 0.914. The molecule has 0 aliphatic carbocycles. The number of halogens is 1. The molecule has 0 fully saturated rings. The van der Waals surface area contributed by atoms with E-state index >= 15 is 0 Å². The van der Waals surface area contributed by atoms with Gasteiger partial charge in [-0.3, -0.25) is 4.79 Å².